The molecule has 3 aromatic rings. The van der Waals surface area contributed by atoms with Gasteiger partial charge in [-0.2, -0.15) is 0 Å². The highest BCUT2D eigenvalue weighted by Gasteiger charge is 2.15. The molecule has 2 amide bonds. The fraction of sp³-hybridized carbons (Fsp3) is 0.115. The van der Waals surface area contributed by atoms with Gasteiger partial charge in [0.15, 0.2) is 0 Å². The predicted octanol–water partition coefficient (Wildman–Crippen LogP) is 5.51. The van der Waals surface area contributed by atoms with Gasteiger partial charge in [-0.05, 0) is 61.0 Å². The van der Waals surface area contributed by atoms with Gasteiger partial charge in [0, 0.05) is 20.6 Å². The number of ether oxygens (including phenoxy) is 1. The van der Waals surface area contributed by atoms with Crippen molar-refractivity contribution in [2.75, 3.05) is 17.7 Å². The van der Waals surface area contributed by atoms with Gasteiger partial charge in [0.25, 0.3) is 11.8 Å². The minimum Gasteiger partial charge on any atom is -0.465 e. The number of esters is 1. The zero-order valence-corrected chi connectivity index (χ0v) is 20.8. The van der Waals surface area contributed by atoms with Crippen molar-refractivity contribution in [2.24, 2.45) is 0 Å². The highest BCUT2D eigenvalue weighted by molar-refractivity contribution is 9.10. The van der Waals surface area contributed by atoms with E-state index in [9.17, 15) is 14.4 Å². The van der Waals surface area contributed by atoms with Crippen LogP contribution >= 0.6 is 27.7 Å². The Morgan fingerprint density at radius 2 is 1.71 bits per heavy atom. The third kappa shape index (κ3) is 7.90. The number of carbonyl (C=O) groups excluding carboxylic acids is 3. The van der Waals surface area contributed by atoms with E-state index >= 15 is 0 Å². The summed E-state index contributed by atoms with van der Waals surface area (Å²) in [6.45, 7) is 2.09. The molecule has 2 N–H and O–H groups in total. The molecule has 0 aliphatic rings. The first kappa shape index (κ1) is 25.3. The number of benzene rings is 3. The largest absolute Gasteiger partial charge is 0.465 e. The Balaban J connectivity index is 1.78. The Bertz CT molecular complexity index is 1180. The summed E-state index contributed by atoms with van der Waals surface area (Å²) in [5.74, 6) is -0.990. The molecule has 0 radical (unpaired) electrons. The minimum absolute atomic E-state index is 0.0979. The standard InChI is InChI=1S/C26H23BrN2O4S/c1-2-33-24(30)17-34-22-10-6-9-21(16-22)28-26(32)23(15-18-11-13-20(27)14-12-18)29-25(31)19-7-4-3-5-8-19/h3-16H,2,17H2,1H3,(H,28,32)(H,29,31)/b23-15-. The van der Waals surface area contributed by atoms with Crippen molar-refractivity contribution in [1.82, 2.24) is 5.32 Å². The van der Waals surface area contributed by atoms with Crippen LogP contribution in [0, 0.1) is 0 Å². The van der Waals surface area contributed by atoms with Crippen molar-refractivity contribution in [3.63, 3.8) is 0 Å². The molecule has 0 aromatic heterocycles. The van der Waals surface area contributed by atoms with Crippen molar-refractivity contribution >= 4 is 57.2 Å². The van der Waals surface area contributed by atoms with E-state index in [0.717, 1.165) is 14.9 Å². The lowest BCUT2D eigenvalue weighted by Crippen LogP contribution is -2.30. The summed E-state index contributed by atoms with van der Waals surface area (Å²) in [7, 11) is 0. The van der Waals surface area contributed by atoms with Gasteiger partial charge in [-0.3, -0.25) is 14.4 Å². The van der Waals surface area contributed by atoms with Gasteiger partial charge < -0.3 is 15.4 Å². The Morgan fingerprint density at radius 1 is 0.971 bits per heavy atom. The molecular weight excluding hydrogens is 516 g/mol. The molecule has 0 atom stereocenters. The second-order valence-electron chi connectivity index (χ2n) is 7.01. The maximum Gasteiger partial charge on any atom is 0.316 e. The van der Waals surface area contributed by atoms with Crippen LogP contribution in [0.4, 0.5) is 5.69 Å². The number of hydrogen-bond donors (Lipinski definition) is 2. The molecule has 0 aliphatic carbocycles. The summed E-state index contributed by atoms with van der Waals surface area (Å²) < 4.78 is 5.85. The molecule has 0 spiro atoms. The second kappa shape index (κ2) is 12.8. The molecule has 0 aliphatic heterocycles. The van der Waals surface area contributed by atoms with E-state index in [1.165, 1.54) is 11.8 Å². The van der Waals surface area contributed by atoms with Crippen LogP contribution in [0.15, 0.2) is 93.9 Å². The lowest BCUT2D eigenvalue weighted by Gasteiger charge is -2.12. The molecule has 174 valence electrons. The van der Waals surface area contributed by atoms with Crippen molar-refractivity contribution in [3.05, 3.63) is 100 Å². The predicted molar refractivity (Wildman–Crippen MR) is 138 cm³/mol. The number of halogens is 1. The molecule has 0 bridgehead atoms. The molecular formula is C26H23BrN2O4S. The van der Waals surface area contributed by atoms with Crippen LogP contribution in [-0.4, -0.2) is 30.1 Å². The molecule has 3 rings (SSSR count). The molecule has 3 aromatic carbocycles. The number of amides is 2. The van der Waals surface area contributed by atoms with Crippen molar-refractivity contribution in [1.29, 1.82) is 0 Å². The normalized spacial score (nSPS) is 10.9. The van der Waals surface area contributed by atoms with Gasteiger partial charge >= 0.3 is 5.97 Å². The van der Waals surface area contributed by atoms with Gasteiger partial charge in [-0.1, -0.05) is 52.3 Å². The van der Waals surface area contributed by atoms with Crippen LogP contribution in [0.5, 0.6) is 0 Å². The zero-order valence-electron chi connectivity index (χ0n) is 18.4. The minimum atomic E-state index is -0.472. The molecule has 0 heterocycles. The van der Waals surface area contributed by atoms with E-state index in [1.807, 2.05) is 36.4 Å². The highest BCUT2D eigenvalue weighted by Crippen LogP contribution is 2.22. The quantitative estimate of drug-likeness (QED) is 0.213. The Labute approximate surface area is 210 Å². The number of rotatable bonds is 9. The number of hydrogen-bond acceptors (Lipinski definition) is 5. The monoisotopic (exact) mass is 538 g/mol. The van der Waals surface area contributed by atoms with Gasteiger partial charge in [-0.25, -0.2) is 0 Å². The van der Waals surface area contributed by atoms with Gasteiger partial charge in [-0.15, -0.1) is 11.8 Å². The number of nitrogens with one attached hydrogen (secondary N) is 2. The summed E-state index contributed by atoms with van der Waals surface area (Å²) in [5.41, 5.74) is 1.82. The molecule has 0 fully saturated rings. The molecule has 0 unspecified atom stereocenters. The van der Waals surface area contributed by atoms with Crippen LogP contribution in [0.25, 0.3) is 6.08 Å². The molecule has 6 nitrogen and oxygen atoms in total. The summed E-state index contributed by atoms with van der Waals surface area (Å²) in [6.07, 6.45) is 1.61. The number of thioether (sulfide) groups is 1. The second-order valence-corrected chi connectivity index (χ2v) is 8.97. The summed E-state index contributed by atoms with van der Waals surface area (Å²) in [5, 5.41) is 5.54. The Morgan fingerprint density at radius 3 is 2.41 bits per heavy atom. The van der Waals surface area contributed by atoms with Crippen LogP contribution < -0.4 is 10.6 Å². The van der Waals surface area contributed by atoms with E-state index in [4.69, 9.17) is 4.74 Å². The fourth-order valence-corrected chi connectivity index (χ4v) is 3.89. The number of anilines is 1. The lowest BCUT2D eigenvalue weighted by molar-refractivity contribution is -0.139. The van der Waals surface area contributed by atoms with Crippen molar-refractivity contribution in [2.45, 2.75) is 11.8 Å². The first-order valence-electron chi connectivity index (χ1n) is 10.5. The van der Waals surface area contributed by atoms with Gasteiger partial charge in [0.05, 0.1) is 12.4 Å². The first-order chi connectivity index (χ1) is 16.4. The van der Waals surface area contributed by atoms with Crippen molar-refractivity contribution in [3.8, 4) is 0 Å². The SMILES string of the molecule is CCOC(=O)CSc1cccc(NC(=O)/C(=C/c2ccc(Br)cc2)NC(=O)c2ccccc2)c1. The van der Waals surface area contributed by atoms with Gasteiger partial charge in [0.2, 0.25) is 0 Å². The summed E-state index contributed by atoms with van der Waals surface area (Å²) in [4.78, 5) is 38.3. The topological polar surface area (TPSA) is 84.5 Å². The maximum absolute atomic E-state index is 13.1. The average molecular weight is 539 g/mol. The van der Waals surface area contributed by atoms with Crippen molar-refractivity contribution < 1.29 is 19.1 Å². The highest BCUT2D eigenvalue weighted by atomic mass is 79.9. The smallest absolute Gasteiger partial charge is 0.316 e. The Kier molecular flexibility index (Phi) is 9.49. The zero-order chi connectivity index (χ0) is 24.3. The third-order valence-electron chi connectivity index (χ3n) is 4.46. The average Bonchev–Trinajstić information content (AvgIpc) is 2.84. The molecule has 0 saturated carbocycles. The van der Waals surface area contributed by atoms with Crippen LogP contribution in [0.1, 0.15) is 22.8 Å². The van der Waals surface area contributed by atoms with Crippen LogP contribution in [0.3, 0.4) is 0 Å². The van der Waals surface area contributed by atoms with Crippen LogP contribution in [0.2, 0.25) is 0 Å². The van der Waals surface area contributed by atoms with Crippen LogP contribution in [-0.2, 0) is 14.3 Å². The maximum atomic E-state index is 13.1. The lowest BCUT2D eigenvalue weighted by atomic mass is 10.1. The molecule has 8 heteroatoms. The molecule has 34 heavy (non-hydrogen) atoms. The fourth-order valence-electron chi connectivity index (χ4n) is 2.88. The summed E-state index contributed by atoms with van der Waals surface area (Å²) in [6, 6.07) is 23.2. The number of carbonyl (C=O) groups is 3. The third-order valence-corrected chi connectivity index (χ3v) is 5.96. The van der Waals surface area contributed by atoms with E-state index in [1.54, 1.807) is 55.5 Å². The van der Waals surface area contributed by atoms with E-state index in [0.29, 0.717) is 17.9 Å². The first-order valence-corrected chi connectivity index (χ1v) is 12.3. The van der Waals surface area contributed by atoms with E-state index in [-0.39, 0.29) is 17.4 Å². The van der Waals surface area contributed by atoms with Gasteiger partial charge in [0.1, 0.15) is 5.70 Å². The summed E-state index contributed by atoms with van der Waals surface area (Å²) >= 11 is 4.71. The van der Waals surface area contributed by atoms with E-state index < -0.39 is 11.8 Å². The van der Waals surface area contributed by atoms with E-state index in [2.05, 4.69) is 26.6 Å². The molecule has 0 saturated heterocycles. The Hall–Kier alpha value is -3.36.